The lowest BCUT2D eigenvalue weighted by molar-refractivity contribution is 0.211. The van der Waals surface area contributed by atoms with Gasteiger partial charge in [0, 0.05) is 12.1 Å². The van der Waals surface area contributed by atoms with Crippen LogP contribution in [0, 0.1) is 5.92 Å². The smallest absolute Gasteiger partial charge is 0.00869 e. The van der Waals surface area contributed by atoms with E-state index in [-0.39, 0.29) is 0 Å². The molecule has 15 heavy (non-hydrogen) atoms. The van der Waals surface area contributed by atoms with E-state index in [1.165, 1.54) is 45.1 Å². The predicted molar refractivity (Wildman–Crippen MR) is 66.9 cm³/mol. The molecule has 0 amide bonds. The van der Waals surface area contributed by atoms with Gasteiger partial charge in [0.25, 0.3) is 0 Å². The first-order chi connectivity index (χ1) is 7.19. The Labute approximate surface area is 95.2 Å². The third kappa shape index (κ3) is 3.76. The Kier molecular flexibility index (Phi) is 5.62. The van der Waals surface area contributed by atoms with Crippen molar-refractivity contribution in [3.63, 3.8) is 0 Å². The van der Waals surface area contributed by atoms with Gasteiger partial charge in [-0.05, 0) is 51.6 Å². The minimum absolute atomic E-state index is 0.486. The van der Waals surface area contributed by atoms with Crippen molar-refractivity contribution in [3.05, 3.63) is 0 Å². The topological polar surface area (TPSA) is 29.3 Å². The maximum Gasteiger partial charge on any atom is 0.00869 e. The van der Waals surface area contributed by atoms with E-state index in [1.54, 1.807) is 0 Å². The molecule has 0 saturated heterocycles. The molecule has 0 radical (unpaired) electrons. The number of rotatable bonds is 6. The molecule has 0 spiro atoms. The van der Waals surface area contributed by atoms with E-state index in [1.807, 2.05) is 0 Å². The van der Waals surface area contributed by atoms with Crippen molar-refractivity contribution in [3.8, 4) is 0 Å². The van der Waals surface area contributed by atoms with Gasteiger partial charge < -0.3 is 10.6 Å². The van der Waals surface area contributed by atoms with Gasteiger partial charge in [-0.2, -0.15) is 0 Å². The summed E-state index contributed by atoms with van der Waals surface area (Å²) in [5.74, 6) is 0.793. The minimum Gasteiger partial charge on any atom is -0.327 e. The van der Waals surface area contributed by atoms with Crippen LogP contribution in [0.15, 0.2) is 0 Å². The highest BCUT2D eigenvalue weighted by atomic mass is 15.1. The molecule has 0 heterocycles. The fourth-order valence-electron chi connectivity index (χ4n) is 2.89. The lowest BCUT2D eigenvalue weighted by Gasteiger charge is -2.27. The molecule has 0 bridgehead atoms. The van der Waals surface area contributed by atoms with E-state index in [9.17, 15) is 0 Å². The normalized spacial score (nSPS) is 26.8. The van der Waals surface area contributed by atoms with Crippen LogP contribution in [0.25, 0.3) is 0 Å². The molecular weight excluding hydrogens is 184 g/mol. The molecule has 0 aliphatic heterocycles. The Morgan fingerprint density at radius 3 is 2.40 bits per heavy atom. The summed E-state index contributed by atoms with van der Waals surface area (Å²) in [6, 6.07) is 1.25. The van der Waals surface area contributed by atoms with Crippen LogP contribution in [-0.2, 0) is 0 Å². The molecule has 1 aliphatic carbocycles. The lowest BCUT2D eigenvalue weighted by Crippen LogP contribution is -2.34. The molecular formula is C13H28N2. The van der Waals surface area contributed by atoms with Gasteiger partial charge in [-0.15, -0.1) is 0 Å². The van der Waals surface area contributed by atoms with Crippen LogP contribution in [0.2, 0.25) is 0 Å². The summed E-state index contributed by atoms with van der Waals surface area (Å²) >= 11 is 0. The fourth-order valence-corrected chi connectivity index (χ4v) is 2.89. The zero-order valence-electron chi connectivity index (χ0n) is 10.7. The summed E-state index contributed by atoms with van der Waals surface area (Å²) in [6.45, 7) is 5.79. The van der Waals surface area contributed by atoms with Crippen molar-refractivity contribution in [2.75, 3.05) is 13.6 Å². The highest BCUT2D eigenvalue weighted by Crippen LogP contribution is 2.27. The molecule has 1 aliphatic rings. The Hall–Kier alpha value is -0.0800. The third-order valence-electron chi connectivity index (χ3n) is 4.14. The van der Waals surface area contributed by atoms with Crippen LogP contribution in [-0.4, -0.2) is 30.6 Å². The van der Waals surface area contributed by atoms with Gasteiger partial charge in [-0.3, -0.25) is 0 Å². The summed E-state index contributed by atoms with van der Waals surface area (Å²) in [4.78, 5) is 2.52. The summed E-state index contributed by atoms with van der Waals surface area (Å²) < 4.78 is 0. The van der Waals surface area contributed by atoms with E-state index in [2.05, 4.69) is 25.8 Å². The molecule has 0 aromatic rings. The molecule has 2 nitrogen and oxygen atoms in total. The maximum atomic E-state index is 6.09. The minimum atomic E-state index is 0.486. The molecule has 2 atom stereocenters. The molecule has 0 aromatic heterocycles. The standard InChI is InChI=1S/C13H28N2/c1-4-12(5-2)15(3)10-9-11-7-6-8-13(11)14/h11-13H,4-10,14H2,1-3H3. The molecule has 1 saturated carbocycles. The van der Waals surface area contributed by atoms with E-state index >= 15 is 0 Å². The highest BCUT2D eigenvalue weighted by molar-refractivity contribution is 4.81. The Bertz CT molecular complexity index is 166. The van der Waals surface area contributed by atoms with Crippen molar-refractivity contribution in [2.24, 2.45) is 11.7 Å². The van der Waals surface area contributed by atoms with Gasteiger partial charge in [-0.25, -0.2) is 0 Å². The van der Waals surface area contributed by atoms with E-state index in [0.717, 1.165) is 12.0 Å². The van der Waals surface area contributed by atoms with Crippen LogP contribution in [0.5, 0.6) is 0 Å². The van der Waals surface area contributed by atoms with Crippen molar-refractivity contribution in [1.82, 2.24) is 4.90 Å². The maximum absolute atomic E-state index is 6.09. The van der Waals surface area contributed by atoms with Crippen LogP contribution < -0.4 is 5.73 Å². The Morgan fingerprint density at radius 1 is 1.27 bits per heavy atom. The highest BCUT2D eigenvalue weighted by Gasteiger charge is 2.24. The molecule has 90 valence electrons. The Morgan fingerprint density at radius 2 is 1.93 bits per heavy atom. The van der Waals surface area contributed by atoms with Crippen molar-refractivity contribution in [1.29, 1.82) is 0 Å². The zero-order chi connectivity index (χ0) is 11.3. The van der Waals surface area contributed by atoms with Gasteiger partial charge >= 0.3 is 0 Å². The van der Waals surface area contributed by atoms with Crippen molar-refractivity contribution in [2.45, 2.75) is 64.5 Å². The number of nitrogens with two attached hydrogens (primary N) is 1. The van der Waals surface area contributed by atoms with Gasteiger partial charge in [0.2, 0.25) is 0 Å². The van der Waals surface area contributed by atoms with E-state index in [0.29, 0.717) is 6.04 Å². The van der Waals surface area contributed by atoms with Crippen LogP contribution in [0.4, 0.5) is 0 Å². The average molecular weight is 212 g/mol. The molecule has 1 fully saturated rings. The second-order valence-electron chi connectivity index (χ2n) is 5.09. The van der Waals surface area contributed by atoms with Gasteiger partial charge in [0.05, 0.1) is 0 Å². The first-order valence-electron chi connectivity index (χ1n) is 6.64. The monoisotopic (exact) mass is 212 g/mol. The van der Waals surface area contributed by atoms with Crippen molar-refractivity contribution >= 4 is 0 Å². The molecule has 2 unspecified atom stereocenters. The third-order valence-corrected chi connectivity index (χ3v) is 4.14. The second-order valence-corrected chi connectivity index (χ2v) is 5.09. The first-order valence-corrected chi connectivity index (χ1v) is 6.64. The second kappa shape index (κ2) is 6.49. The summed E-state index contributed by atoms with van der Waals surface area (Å²) in [7, 11) is 2.26. The summed E-state index contributed by atoms with van der Waals surface area (Å²) in [6.07, 6.45) is 7.79. The van der Waals surface area contributed by atoms with Crippen molar-refractivity contribution < 1.29 is 0 Å². The summed E-state index contributed by atoms with van der Waals surface area (Å²) in [5.41, 5.74) is 6.09. The van der Waals surface area contributed by atoms with Gasteiger partial charge in [0.1, 0.15) is 0 Å². The summed E-state index contributed by atoms with van der Waals surface area (Å²) in [5, 5.41) is 0. The number of hydrogen-bond donors (Lipinski definition) is 1. The van der Waals surface area contributed by atoms with Crippen LogP contribution >= 0.6 is 0 Å². The lowest BCUT2D eigenvalue weighted by atomic mass is 9.99. The average Bonchev–Trinajstić information content (AvgIpc) is 2.63. The molecule has 2 N–H and O–H groups in total. The first kappa shape index (κ1) is 13.0. The molecule has 1 rings (SSSR count). The van der Waals surface area contributed by atoms with Gasteiger partial charge in [-0.1, -0.05) is 20.3 Å². The Balaban J connectivity index is 2.23. The largest absolute Gasteiger partial charge is 0.327 e. The quantitative estimate of drug-likeness (QED) is 0.733. The number of hydrogen-bond acceptors (Lipinski definition) is 2. The number of nitrogens with zero attached hydrogens (tertiary/aromatic N) is 1. The van der Waals surface area contributed by atoms with E-state index in [4.69, 9.17) is 5.73 Å². The predicted octanol–water partition coefficient (Wildman–Crippen LogP) is 2.62. The van der Waals surface area contributed by atoms with Crippen LogP contribution in [0.1, 0.15) is 52.4 Å². The van der Waals surface area contributed by atoms with Gasteiger partial charge in [0.15, 0.2) is 0 Å². The zero-order valence-corrected chi connectivity index (χ0v) is 10.7. The molecule has 0 aromatic carbocycles. The van der Waals surface area contributed by atoms with Crippen LogP contribution in [0.3, 0.4) is 0 Å². The van der Waals surface area contributed by atoms with E-state index < -0.39 is 0 Å². The molecule has 2 heteroatoms. The fraction of sp³-hybridized carbons (Fsp3) is 1.00. The SMILES string of the molecule is CCC(CC)N(C)CCC1CCCC1N.